The molecule has 0 radical (unpaired) electrons. The first-order chi connectivity index (χ1) is 17.5. The van der Waals surface area contributed by atoms with Crippen LogP contribution in [0.25, 0.3) is 22.2 Å². The molecule has 0 unspecified atom stereocenters. The Balaban J connectivity index is 1.43. The number of ether oxygens (including phenoxy) is 1. The van der Waals surface area contributed by atoms with Crippen LogP contribution in [0.1, 0.15) is 75.1 Å². The zero-order chi connectivity index (χ0) is 25.8. The Morgan fingerprint density at radius 2 is 1.61 bits per heavy atom. The summed E-state index contributed by atoms with van der Waals surface area (Å²) in [7, 11) is 3.55. The summed E-state index contributed by atoms with van der Waals surface area (Å²) in [5, 5.41) is 4.05. The highest BCUT2D eigenvalue weighted by molar-refractivity contribution is 6.12. The highest BCUT2D eigenvalue weighted by Crippen LogP contribution is 2.31. The molecule has 3 aromatic rings. The van der Waals surface area contributed by atoms with Gasteiger partial charge in [-0.25, -0.2) is 0 Å². The van der Waals surface area contributed by atoms with Gasteiger partial charge >= 0.3 is 0 Å². The number of nitrogens with one attached hydrogen (secondary N) is 2. The van der Waals surface area contributed by atoms with E-state index in [4.69, 9.17) is 4.74 Å². The summed E-state index contributed by atoms with van der Waals surface area (Å²) in [6, 6.07) is 15.7. The number of benzene rings is 2. The van der Waals surface area contributed by atoms with Crippen molar-refractivity contribution < 1.29 is 14.3 Å². The number of aromatic amines is 1. The summed E-state index contributed by atoms with van der Waals surface area (Å²) in [4.78, 5) is 30.6. The number of rotatable bonds is 15. The number of unbranched alkanes of at least 4 members (excludes halogenated alkanes) is 6. The number of nitrogens with zero attached hydrogens (tertiary/aromatic N) is 1. The van der Waals surface area contributed by atoms with E-state index in [9.17, 15) is 9.59 Å². The topological polar surface area (TPSA) is 74.4 Å². The van der Waals surface area contributed by atoms with Crippen LogP contribution in [-0.2, 0) is 4.79 Å². The molecule has 36 heavy (non-hydrogen) atoms. The van der Waals surface area contributed by atoms with Crippen LogP contribution < -0.4 is 10.1 Å². The molecule has 3 rings (SSSR count). The summed E-state index contributed by atoms with van der Waals surface area (Å²) in [6.45, 7) is 3.66. The fraction of sp³-hybridized carbons (Fsp3) is 0.467. The number of H-pyrrole nitrogens is 1. The van der Waals surface area contributed by atoms with Gasteiger partial charge in [-0.15, -0.1) is 0 Å². The van der Waals surface area contributed by atoms with E-state index in [-0.39, 0.29) is 11.8 Å². The minimum Gasteiger partial charge on any atom is -0.497 e. The monoisotopic (exact) mass is 491 g/mol. The lowest BCUT2D eigenvalue weighted by Gasteiger charge is -2.16. The minimum atomic E-state index is -0.0519. The molecule has 0 spiro atoms. The smallest absolute Gasteiger partial charge is 0.254 e. The first-order valence-corrected chi connectivity index (χ1v) is 13.3. The lowest BCUT2D eigenvalue weighted by molar-refractivity contribution is -0.130. The number of hydrogen-bond donors (Lipinski definition) is 2. The minimum absolute atomic E-state index is 0.0519. The molecular formula is C30H41N3O3. The van der Waals surface area contributed by atoms with Gasteiger partial charge in [0.15, 0.2) is 0 Å². The van der Waals surface area contributed by atoms with E-state index in [0.717, 1.165) is 85.8 Å². The zero-order valence-corrected chi connectivity index (χ0v) is 22.1. The van der Waals surface area contributed by atoms with Gasteiger partial charge in [-0.1, -0.05) is 57.2 Å². The summed E-state index contributed by atoms with van der Waals surface area (Å²) in [5.74, 6) is 0.994. The largest absolute Gasteiger partial charge is 0.497 e. The lowest BCUT2D eigenvalue weighted by atomic mass is 10.0. The quantitative estimate of drug-likeness (QED) is 0.236. The normalized spacial score (nSPS) is 11.0. The highest BCUT2D eigenvalue weighted by atomic mass is 16.5. The summed E-state index contributed by atoms with van der Waals surface area (Å²) < 4.78 is 5.27. The van der Waals surface area contributed by atoms with E-state index >= 15 is 0 Å². The van der Waals surface area contributed by atoms with Gasteiger partial charge in [-0.2, -0.15) is 0 Å². The van der Waals surface area contributed by atoms with Crippen molar-refractivity contribution in [2.45, 2.75) is 64.7 Å². The molecule has 0 bridgehead atoms. The van der Waals surface area contributed by atoms with Crippen molar-refractivity contribution in [3.63, 3.8) is 0 Å². The molecule has 0 saturated heterocycles. The fourth-order valence-corrected chi connectivity index (χ4v) is 4.46. The van der Waals surface area contributed by atoms with Gasteiger partial charge in [0.1, 0.15) is 5.75 Å². The predicted octanol–water partition coefficient (Wildman–Crippen LogP) is 6.56. The number of hydrogen-bond acceptors (Lipinski definition) is 3. The summed E-state index contributed by atoms with van der Waals surface area (Å²) >= 11 is 0. The zero-order valence-electron chi connectivity index (χ0n) is 22.1. The predicted molar refractivity (Wildman–Crippen MR) is 147 cm³/mol. The Hall–Kier alpha value is -3.28. The van der Waals surface area contributed by atoms with Crippen LogP contribution in [-0.4, -0.2) is 48.9 Å². The molecule has 1 heterocycles. The fourth-order valence-electron chi connectivity index (χ4n) is 4.46. The number of methoxy groups -OCH3 is 1. The van der Waals surface area contributed by atoms with Crippen LogP contribution >= 0.6 is 0 Å². The molecular weight excluding hydrogens is 450 g/mol. The second-order valence-corrected chi connectivity index (χ2v) is 9.45. The van der Waals surface area contributed by atoms with Crippen LogP contribution in [0.4, 0.5) is 0 Å². The van der Waals surface area contributed by atoms with E-state index < -0.39 is 0 Å². The van der Waals surface area contributed by atoms with Crippen molar-refractivity contribution in [1.29, 1.82) is 0 Å². The maximum absolute atomic E-state index is 13.2. The molecule has 0 aliphatic rings. The van der Waals surface area contributed by atoms with Gasteiger partial charge in [0.25, 0.3) is 5.91 Å². The van der Waals surface area contributed by atoms with Crippen LogP contribution in [0.3, 0.4) is 0 Å². The second kappa shape index (κ2) is 14.3. The third-order valence-corrected chi connectivity index (χ3v) is 6.69. The molecule has 0 fully saturated rings. The van der Waals surface area contributed by atoms with E-state index in [2.05, 4.69) is 17.2 Å². The van der Waals surface area contributed by atoms with Crippen molar-refractivity contribution in [3.8, 4) is 17.0 Å². The number of aromatic nitrogens is 1. The molecule has 2 N–H and O–H groups in total. The molecule has 6 heteroatoms. The number of fused-ring (bicyclic) bond motifs is 1. The summed E-state index contributed by atoms with van der Waals surface area (Å²) in [6.07, 6.45) is 9.16. The van der Waals surface area contributed by atoms with Gasteiger partial charge in [-0.3, -0.25) is 9.59 Å². The number of para-hydroxylation sites is 1. The van der Waals surface area contributed by atoms with Crippen molar-refractivity contribution in [2.24, 2.45) is 0 Å². The number of carbonyl (C=O) groups is 2. The Morgan fingerprint density at radius 3 is 2.33 bits per heavy atom. The van der Waals surface area contributed by atoms with E-state index in [0.29, 0.717) is 18.5 Å². The molecule has 0 aliphatic carbocycles. The van der Waals surface area contributed by atoms with E-state index in [1.807, 2.05) is 60.5 Å². The van der Waals surface area contributed by atoms with E-state index in [1.54, 1.807) is 7.11 Å². The Kier molecular flexibility index (Phi) is 10.9. The Labute approximate surface area is 215 Å². The van der Waals surface area contributed by atoms with Crippen molar-refractivity contribution in [1.82, 2.24) is 15.2 Å². The third kappa shape index (κ3) is 7.61. The second-order valence-electron chi connectivity index (χ2n) is 9.45. The molecule has 2 aromatic carbocycles. The molecule has 194 valence electrons. The first-order valence-electron chi connectivity index (χ1n) is 13.3. The summed E-state index contributed by atoms with van der Waals surface area (Å²) in [5.41, 5.74) is 3.41. The molecule has 0 saturated carbocycles. The van der Waals surface area contributed by atoms with Gasteiger partial charge in [0, 0.05) is 37.5 Å². The highest BCUT2D eigenvalue weighted by Gasteiger charge is 2.19. The number of amides is 2. The SMILES string of the molecule is CCCCN(C)C(=O)CCCCCCCCNC(=O)c1c(-c2ccc(OC)cc2)[nH]c2ccccc12. The average molecular weight is 492 g/mol. The Morgan fingerprint density at radius 1 is 0.917 bits per heavy atom. The number of carbonyl (C=O) groups excluding carboxylic acids is 2. The first kappa shape index (κ1) is 27.3. The van der Waals surface area contributed by atoms with Crippen LogP contribution in [0.15, 0.2) is 48.5 Å². The van der Waals surface area contributed by atoms with E-state index in [1.165, 1.54) is 0 Å². The Bertz CT molecular complexity index is 1100. The van der Waals surface area contributed by atoms with Crippen molar-refractivity contribution >= 4 is 22.7 Å². The van der Waals surface area contributed by atoms with Gasteiger partial charge in [0.05, 0.1) is 18.4 Å². The maximum Gasteiger partial charge on any atom is 0.254 e. The van der Waals surface area contributed by atoms with Crippen LogP contribution in [0, 0.1) is 0 Å². The third-order valence-electron chi connectivity index (χ3n) is 6.69. The molecule has 1 aromatic heterocycles. The van der Waals surface area contributed by atoms with Crippen LogP contribution in [0.2, 0.25) is 0 Å². The van der Waals surface area contributed by atoms with Gasteiger partial charge in [0.2, 0.25) is 5.91 Å². The van der Waals surface area contributed by atoms with Gasteiger partial charge < -0.3 is 19.9 Å². The lowest BCUT2D eigenvalue weighted by Crippen LogP contribution is -2.27. The molecule has 2 amide bonds. The van der Waals surface area contributed by atoms with Crippen molar-refractivity contribution in [2.75, 3.05) is 27.2 Å². The van der Waals surface area contributed by atoms with Gasteiger partial charge in [-0.05, 0) is 55.2 Å². The van der Waals surface area contributed by atoms with Crippen LogP contribution in [0.5, 0.6) is 5.75 Å². The molecule has 0 aliphatic heterocycles. The van der Waals surface area contributed by atoms with Crippen molar-refractivity contribution in [3.05, 3.63) is 54.1 Å². The maximum atomic E-state index is 13.2. The average Bonchev–Trinajstić information content (AvgIpc) is 3.30. The molecule has 0 atom stereocenters. The molecule has 6 nitrogen and oxygen atoms in total. The standard InChI is InChI=1S/C30H41N3O3/c1-4-5-22-33(2)27(34)16-10-8-6-7-9-13-21-31-30(35)28-25-14-11-12-15-26(25)32-29(28)23-17-19-24(36-3)20-18-23/h11-12,14-15,17-20,32H,4-10,13,16,21-22H2,1-3H3,(H,31,35).